The number of rotatable bonds is 2. The van der Waals surface area contributed by atoms with Crippen LogP contribution < -0.4 is 24.8 Å². The normalized spacial score (nSPS) is 37.3. The molecule has 3 heteroatoms. The van der Waals surface area contributed by atoms with Crippen LogP contribution in [-0.4, -0.2) is 3.21 Å². The first-order chi connectivity index (χ1) is 25.6. The molecule has 0 bridgehead atoms. The molecule has 0 nitrogen and oxygen atoms in total. The third-order valence-electron chi connectivity index (χ3n) is 16.5. The third kappa shape index (κ3) is 6.85. The SMILES string of the molecule is CC1=CC=CC2[CH-]C3(C)C4(C)C=CC=CC4(C)C4(C)C=CC=CC4(C)C3(C)C12C.CC1[C-]=CC(C(C)(C)C)=C1.Cc1ccc([C](=[Zr+2])c2ccc(C)cc2)cc1.[Cl-].[Cl-]. The second kappa shape index (κ2) is 16.3. The monoisotopic (exact) mass is 874 g/mol. The molecule has 0 amide bonds. The number of halogens is 2. The zero-order valence-corrected chi connectivity index (χ0v) is 41.1. The van der Waals surface area contributed by atoms with E-state index in [1.54, 1.807) is 0 Å². The average molecular weight is 877 g/mol. The number of allylic oxidation sites excluding steroid dienone is 16. The standard InChI is InChI=1S/C29H37.C15H14.C10H15.2ClH.Zr/c1-21-14-13-15-22-20-27(6)25(4)18-10-9-16-23(25,2)24(3)17-11-12-19-26(24,5)29(27,8)28(21,22)7;1-12-3-7-14(8-4-12)11-15-9-5-13(2)6-10-15;1-8-5-6-9(7-8)10(2,3)4;;;/h9-20,22H,1-8H3;3-10H,1-2H3;6-8H,1-4H3;2*1H;/q-1;;-1;;;+2/p-2. The predicted octanol–water partition coefficient (Wildman–Crippen LogP) is 8.04. The van der Waals surface area contributed by atoms with Gasteiger partial charge in [0, 0.05) is 10.8 Å². The molecule has 0 N–H and O–H groups in total. The van der Waals surface area contributed by atoms with Crippen LogP contribution in [0.25, 0.3) is 0 Å². The Labute approximate surface area is 375 Å². The van der Waals surface area contributed by atoms with Gasteiger partial charge in [0.2, 0.25) is 0 Å². The summed E-state index contributed by atoms with van der Waals surface area (Å²) in [7, 11) is 0. The van der Waals surface area contributed by atoms with Crippen molar-refractivity contribution in [3.05, 3.63) is 173 Å². The molecule has 0 saturated heterocycles. The molecule has 0 aliphatic heterocycles. The summed E-state index contributed by atoms with van der Waals surface area (Å²) in [6.07, 6.45) is 36.9. The molecule has 2 aromatic carbocycles. The van der Waals surface area contributed by atoms with E-state index in [-0.39, 0.29) is 62.7 Å². The van der Waals surface area contributed by atoms with Crippen molar-refractivity contribution in [2.24, 2.45) is 55.2 Å². The molecular weight excluding hydrogens is 811 g/mol. The molecular formula is C54H66Cl2Zr-2. The molecule has 302 valence electrons. The maximum atomic E-state index is 3.26. The van der Waals surface area contributed by atoms with E-state index < -0.39 is 0 Å². The van der Waals surface area contributed by atoms with Gasteiger partial charge in [-0.15, -0.1) is 17.4 Å². The van der Waals surface area contributed by atoms with Crippen LogP contribution in [0.15, 0.2) is 139 Å². The molecule has 6 aliphatic rings. The molecule has 2 saturated carbocycles. The fourth-order valence-electron chi connectivity index (χ4n) is 11.9. The molecule has 9 atom stereocenters. The van der Waals surface area contributed by atoms with Crippen LogP contribution in [0.1, 0.15) is 105 Å². The van der Waals surface area contributed by atoms with Gasteiger partial charge in [-0.3, -0.25) is 6.08 Å². The number of fused-ring (bicyclic) bond motifs is 8. The maximum Gasteiger partial charge on any atom is -1.00 e. The fraction of sp³-hybridized carbons (Fsp3) is 0.444. The van der Waals surface area contributed by atoms with E-state index in [9.17, 15) is 0 Å². The maximum absolute atomic E-state index is 3.26. The van der Waals surface area contributed by atoms with Crippen molar-refractivity contribution >= 4 is 3.21 Å². The van der Waals surface area contributed by atoms with E-state index >= 15 is 0 Å². The van der Waals surface area contributed by atoms with Crippen LogP contribution in [-0.2, 0) is 24.2 Å². The van der Waals surface area contributed by atoms with Crippen LogP contribution in [0.3, 0.4) is 0 Å². The molecule has 0 heterocycles. The van der Waals surface area contributed by atoms with Gasteiger partial charge in [0.15, 0.2) is 0 Å². The minimum absolute atomic E-state index is 0. The zero-order chi connectivity index (χ0) is 40.5. The van der Waals surface area contributed by atoms with E-state index in [4.69, 9.17) is 0 Å². The summed E-state index contributed by atoms with van der Waals surface area (Å²) in [4.78, 5) is 0. The second-order valence-electron chi connectivity index (χ2n) is 19.8. The molecule has 0 aromatic heterocycles. The van der Waals surface area contributed by atoms with Crippen molar-refractivity contribution in [2.75, 3.05) is 0 Å². The van der Waals surface area contributed by atoms with Gasteiger partial charge in [0.25, 0.3) is 0 Å². The minimum Gasteiger partial charge on any atom is -1.00 e. The molecule has 9 unspecified atom stereocenters. The van der Waals surface area contributed by atoms with Gasteiger partial charge in [0.1, 0.15) is 0 Å². The van der Waals surface area contributed by atoms with Crippen molar-refractivity contribution in [3.8, 4) is 0 Å². The van der Waals surface area contributed by atoms with E-state index in [1.165, 1.54) is 60.8 Å². The van der Waals surface area contributed by atoms with Crippen molar-refractivity contribution in [2.45, 2.75) is 96.9 Å². The number of aryl methyl sites for hydroxylation is 2. The topological polar surface area (TPSA) is 0 Å². The Kier molecular flexibility index (Phi) is 13.5. The summed E-state index contributed by atoms with van der Waals surface area (Å²) in [5.74, 6) is 0.982. The van der Waals surface area contributed by atoms with Gasteiger partial charge in [0.05, 0.1) is 0 Å². The predicted molar refractivity (Wildman–Crippen MR) is 234 cm³/mol. The quantitative estimate of drug-likeness (QED) is 0.269. The third-order valence-corrected chi connectivity index (χ3v) is 17.9. The Balaban J connectivity index is 0.000000217. The number of benzene rings is 2. The van der Waals surface area contributed by atoms with Crippen LogP contribution in [0.2, 0.25) is 0 Å². The van der Waals surface area contributed by atoms with Gasteiger partial charge >= 0.3 is 112 Å². The summed E-state index contributed by atoms with van der Waals surface area (Å²) < 4.78 is 1.42. The molecule has 0 spiro atoms. The summed E-state index contributed by atoms with van der Waals surface area (Å²) in [5, 5.41) is 0. The summed E-state index contributed by atoms with van der Waals surface area (Å²) >= 11 is 1.46. The van der Waals surface area contributed by atoms with Gasteiger partial charge in [-0.25, -0.2) is 6.08 Å². The molecule has 0 radical (unpaired) electrons. The van der Waals surface area contributed by atoms with Crippen LogP contribution in [0.5, 0.6) is 0 Å². The first kappa shape index (κ1) is 47.4. The van der Waals surface area contributed by atoms with Crippen molar-refractivity contribution in [1.29, 1.82) is 0 Å². The largest absolute Gasteiger partial charge is 1.00 e. The Morgan fingerprint density at radius 2 is 1.09 bits per heavy atom. The first-order valence-corrected chi connectivity index (χ1v) is 21.8. The Morgan fingerprint density at radius 1 is 0.649 bits per heavy atom. The van der Waals surface area contributed by atoms with Crippen LogP contribution in [0, 0.1) is 81.5 Å². The van der Waals surface area contributed by atoms with Gasteiger partial charge in [-0.1, -0.05) is 154 Å². The van der Waals surface area contributed by atoms with Gasteiger partial charge in [-0.2, -0.15) is 11.6 Å². The van der Waals surface area contributed by atoms with E-state index in [0.29, 0.717) is 17.3 Å². The second-order valence-corrected chi connectivity index (χ2v) is 21.0. The Morgan fingerprint density at radius 3 is 1.51 bits per heavy atom. The number of hydrogen-bond donors (Lipinski definition) is 0. The Hall–Kier alpha value is -2.31. The molecule has 6 aliphatic carbocycles. The molecule has 8 rings (SSSR count). The molecule has 57 heavy (non-hydrogen) atoms. The fourth-order valence-corrected chi connectivity index (χ4v) is 12.7. The average Bonchev–Trinajstić information content (AvgIpc) is 3.67. The van der Waals surface area contributed by atoms with Crippen molar-refractivity contribution < 1.29 is 49.0 Å². The minimum atomic E-state index is 0. The van der Waals surface area contributed by atoms with Crippen LogP contribution >= 0.6 is 0 Å². The van der Waals surface area contributed by atoms with Gasteiger partial charge < -0.3 is 31.2 Å². The van der Waals surface area contributed by atoms with Crippen molar-refractivity contribution in [1.82, 2.24) is 0 Å². The summed E-state index contributed by atoms with van der Waals surface area (Å²) in [6, 6.07) is 17.5. The molecule has 2 fully saturated rings. The van der Waals surface area contributed by atoms with Crippen molar-refractivity contribution in [3.63, 3.8) is 0 Å². The summed E-state index contributed by atoms with van der Waals surface area (Å²) in [5.41, 5.74) is 8.77. The first-order valence-electron chi connectivity index (χ1n) is 20.6. The van der Waals surface area contributed by atoms with E-state index in [1.807, 2.05) is 0 Å². The molecule has 2 aromatic rings. The van der Waals surface area contributed by atoms with E-state index in [0.717, 1.165) is 0 Å². The van der Waals surface area contributed by atoms with Crippen LogP contribution in [0.4, 0.5) is 0 Å². The zero-order valence-electron chi connectivity index (χ0n) is 37.1. The number of hydrogen-bond acceptors (Lipinski definition) is 0. The smallest absolute Gasteiger partial charge is 1.00 e. The Bertz CT molecular complexity index is 2030. The van der Waals surface area contributed by atoms with Gasteiger partial charge in [-0.05, 0) is 28.6 Å². The summed E-state index contributed by atoms with van der Waals surface area (Å²) in [6.45, 7) is 33.4. The van der Waals surface area contributed by atoms with E-state index in [2.05, 4.69) is 237 Å².